The number of anilines is 1. The molecular formula is C17H16N2O3S. The van der Waals surface area contributed by atoms with E-state index in [-0.39, 0.29) is 10.6 Å². The lowest BCUT2D eigenvalue weighted by atomic mass is 10.1. The molecule has 23 heavy (non-hydrogen) atoms. The molecule has 5 nitrogen and oxygen atoms in total. The molecule has 1 heterocycles. The van der Waals surface area contributed by atoms with E-state index >= 15 is 0 Å². The van der Waals surface area contributed by atoms with Gasteiger partial charge in [-0.3, -0.25) is 9.71 Å². The Morgan fingerprint density at radius 1 is 1.04 bits per heavy atom. The number of sulfonamides is 1. The summed E-state index contributed by atoms with van der Waals surface area (Å²) in [6, 6.07) is 11.9. The van der Waals surface area contributed by atoms with Gasteiger partial charge < -0.3 is 5.11 Å². The summed E-state index contributed by atoms with van der Waals surface area (Å²) in [7, 11) is -3.82. The van der Waals surface area contributed by atoms with E-state index in [0.717, 1.165) is 5.39 Å². The summed E-state index contributed by atoms with van der Waals surface area (Å²) in [6.45, 7) is 3.43. The molecule has 0 saturated carbocycles. The number of hydrogen-bond donors (Lipinski definition) is 2. The summed E-state index contributed by atoms with van der Waals surface area (Å²) in [6.07, 6.45) is 1.56. The summed E-state index contributed by atoms with van der Waals surface area (Å²) in [5, 5.41) is 10.7. The minimum absolute atomic E-state index is 0.0845. The van der Waals surface area contributed by atoms with E-state index in [1.807, 2.05) is 12.1 Å². The van der Waals surface area contributed by atoms with Crippen molar-refractivity contribution < 1.29 is 13.5 Å². The molecule has 0 aliphatic heterocycles. The number of rotatable bonds is 3. The summed E-state index contributed by atoms with van der Waals surface area (Å²) in [5.41, 5.74) is 1.94. The van der Waals surface area contributed by atoms with Gasteiger partial charge in [-0.2, -0.15) is 0 Å². The van der Waals surface area contributed by atoms with Crippen LogP contribution in [0.2, 0.25) is 0 Å². The molecular weight excluding hydrogens is 312 g/mol. The van der Waals surface area contributed by atoms with E-state index in [4.69, 9.17) is 0 Å². The molecule has 0 aliphatic carbocycles. The summed E-state index contributed by atoms with van der Waals surface area (Å²) in [5.74, 6) is 0.0845. The highest BCUT2D eigenvalue weighted by atomic mass is 32.2. The highest BCUT2D eigenvalue weighted by Crippen LogP contribution is 2.30. The van der Waals surface area contributed by atoms with E-state index in [9.17, 15) is 13.5 Å². The molecule has 0 spiro atoms. The largest absolute Gasteiger partial charge is 0.507 e. The van der Waals surface area contributed by atoms with Crippen LogP contribution in [0.5, 0.6) is 5.75 Å². The van der Waals surface area contributed by atoms with Gasteiger partial charge in [0.1, 0.15) is 10.6 Å². The molecule has 0 fully saturated rings. The number of aryl methyl sites for hydroxylation is 1. The fraction of sp³-hybridized carbons (Fsp3) is 0.118. The standard InChI is InChI=1S/C17H16N2O3S/c1-11-8-9-14(12(2)17(11)20)19-23(21,22)15-7-3-5-13-6-4-10-18-16(13)15/h3-10,19-20H,1-2H3. The highest BCUT2D eigenvalue weighted by molar-refractivity contribution is 7.93. The second kappa shape index (κ2) is 5.55. The molecule has 2 aromatic carbocycles. The van der Waals surface area contributed by atoms with Gasteiger partial charge >= 0.3 is 0 Å². The third-order valence-corrected chi connectivity index (χ3v) is 5.16. The Balaban J connectivity index is 2.10. The van der Waals surface area contributed by atoms with Crippen molar-refractivity contribution in [2.24, 2.45) is 0 Å². The van der Waals surface area contributed by atoms with Crippen LogP contribution in [0.25, 0.3) is 10.9 Å². The second-order valence-corrected chi connectivity index (χ2v) is 6.99. The third-order valence-electron chi connectivity index (χ3n) is 3.76. The number of phenolic OH excluding ortho intramolecular Hbond substituents is 1. The summed E-state index contributed by atoms with van der Waals surface area (Å²) in [4.78, 5) is 4.28. The van der Waals surface area contributed by atoms with Crippen LogP contribution in [0, 0.1) is 13.8 Å². The zero-order valence-electron chi connectivity index (χ0n) is 12.7. The minimum Gasteiger partial charge on any atom is -0.507 e. The molecule has 0 atom stereocenters. The predicted molar refractivity (Wildman–Crippen MR) is 90.1 cm³/mol. The summed E-state index contributed by atoms with van der Waals surface area (Å²) >= 11 is 0. The topological polar surface area (TPSA) is 79.3 Å². The van der Waals surface area contributed by atoms with Gasteiger partial charge in [-0.1, -0.05) is 24.3 Å². The normalized spacial score (nSPS) is 11.6. The maximum absolute atomic E-state index is 12.7. The molecule has 0 amide bonds. The predicted octanol–water partition coefficient (Wildman–Crippen LogP) is 3.36. The Labute approximate surface area is 134 Å². The average molecular weight is 328 g/mol. The van der Waals surface area contributed by atoms with Gasteiger partial charge in [0.15, 0.2) is 0 Å². The number of nitrogens with one attached hydrogen (secondary N) is 1. The zero-order chi connectivity index (χ0) is 16.6. The molecule has 118 valence electrons. The van der Waals surface area contributed by atoms with Crippen LogP contribution in [0.3, 0.4) is 0 Å². The number of aromatic hydroxyl groups is 1. The number of hydrogen-bond acceptors (Lipinski definition) is 4. The number of phenols is 1. The number of para-hydroxylation sites is 1. The smallest absolute Gasteiger partial charge is 0.264 e. The van der Waals surface area contributed by atoms with Gasteiger partial charge in [-0.25, -0.2) is 8.42 Å². The molecule has 2 N–H and O–H groups in total. The first kappa shape index (κ1) is 15.3. The number of nitrogens with zero attached hydrogens (tertiary/aromatic N) is 1. The highest BCUT2D eigenvalue weighted by Gasteiger charge is 2.20. The first-order chi connectivity index (χ1) is 10.9. The lowest BCUT2D eigenvalue weighted by molar-refractivity contribution is 0.467. The minimum atomic E-state index is -3.82. The van der Waals surface area contributed by atoms with Gasteiger partial charge in [-0.15, -0.1) is 0 Å². The molecule has 0 unspecified atom stereocenters. The van der Waals surface area contributed by atoms with E-state index in [1.54, 1.807) is 44.3 Å². The lowest BCUT2D eigenvalue weighted by Gasteiger charge is -2.13. The molecule has 0 saturated heterocycles. The Kier molecular flexibility index (Phi) is 3.69. The van der Waals surface area contributed by atoms with Gasteiger partial charge in [0.05, 0.1) is 11.2 Å². The molecule has 1 aromatic heterocycles. The molecule has 6 heteroatoms. The van der Waals surface area contributed by atoms with Crippen LogP contribution in [0.4, 0.5) is 5.69 Å². The number of fused-ring (bicyclic) bond motifs is 1. The van der Waals surface area contributed by atoms with Crippen LogP contribution < -0.4 is 4.72 Å². The maximum atomic E-state index is 12.7. The van der Waals surface area contributed by atoms with Crippen molar-refractivity contribution >= 4 is 26.6 Å². The molecule has 3 aromatic rings. The molecule has 0 radical (unpaired) electrons. The third kappa shape index (κ3) is 2.73. The van der Waals surface area contributed by atoms with Crippen LogP contribution in [-0.4, -0.2) is 18.5 Å². The van der Waals surface area contributed by atoms with E-state index in [1.165, 1.54) is 6.07 Å². The first-order valence-electron chi connectivity index (χ1n) is 7.06. The second-order valence-electron chi connectivity index (χ2n) is 5.34. The number of benzene rings is 2. The van der Waals surface area contributed by atoms with Crippen LogP contribution in [-0.2, 0) is 10.0 Å². The van der Waals surface area contributed by atoms with Crippen LogP contribution >= 0.6 is 0 Å². The van der Waals surface area contributed by atoms with Crippen LogP contribution in [0.1, 0.15) is 11.1 Å². The number of pyridine rings is 1. The Morgan fingerprint density at radius 2 is 1.78 bits per heavy atom. The van der Waals surface area contributed by atoms with Gasteiger partial charge in [-0.05, 0) is 37.6 Å². The Bertz CT molecular complexity index is 993. The van der Waals surface area contributed by atoms with Crippen molar-refractivity contribution in [1.82, 2.24) is 4.98 Å². The Hall–Kier alpha value is -2.60. The SMILES string of the molecule is Cc1ccc(NS(=O)(=O)c2cccc3cccnc23)c(C)c1O. The van der Waals surface area contributed by atoms with Crippen molar-refractivity contribution in [3.63, 3.8) is 0 Å². The van der Waals surface area contributed by atoms with E-state index in [2.05, 4.69) is 9.71 Å². The molecule has 0 aliphatic rings. The quantitative estimate of drug-likeness (QED) is 0.772. The van der Waals surface area contributed by atoms with E-state index < -0.39 is 10.0 Å². The number of aromatic nitrogens is 1. The van der Waals surface area contributed by atoms with Crippen molar-refractivity contribution in [2.45, 2.75) is 18.7 Å². The fourth-order valence-electron chi connectivity index (χ4n) is 2.44. The summed E-state index contributed by atoms with van der Waals surface area (Å²) < 4.78 is 28.0. The van der Waals surface area contributed by atoms with Gasteiger partial charge in [0.2, 0.25) is 0 Å². The van der Waals surface area contributed by atoms with Gasteiger partial charge in [0.25, 0.3) is 10.0 Å². The van der Waals surface area contributed by atoms with Crippen molar-refractivity contribution in [3.05, 3.63) is 59.8 Å². The monoisotopic (exact) mass is 328 g/mol. The lowest BCUT2D eigenvalue weighted by Crippen LogP contribution is -2.14. The molecule has 0 bridgehead atoms. The van der Waals surface area contributed by atoms with Crippen molar-refractivity contribution in [1.29, 1.82) is 0 Å². The Morgan fingerprint density at radius 3 is 2.57 bits per heavy atom. The first-order valence-corrected chi connectivity index (χ1v) is 8.54. The zero-order valence-corrected chi connectivity index (χ0v) is 13.6. The van der Waals surface area contributed by atoms with Gasteiger partial charge in [0, 0.05) is 17.1 Å². The fourth-order valence-corrected chi connectivity index (χ4v) is 3.74. The molecule has 3 rings (SSSR count). The van der Waals surface area contributed by atoms with E-state index in [0.29, 0.717) is 22.3 Å². The average Bonchev–Trinajstić information content (AvgIpc) is 2.55. The van der Waals surface area contributed by atoms with Crippen LogP contribution in [0.15, 0.2) is 53.6 Å². The maximum Gasteiger partial charge on any atom is 0.264 e. The van der Waals surface area contributed by atoms with Crippen molar-refractivity contribution in [2.75, 3.05) is 4.72 Å². The van der Waals surface area contributed by atoms with Crippen molar-refractivity contribution in [3.8, 4) is 5.75 Å².